The Morgan fingerprint density at radius 3 is 2.42 bits per heavy atom. The molecule has 0 aromatic carbocycles. The van der Waals surface area contributed by atoms with E-state index in [0.29, 0.717) is 18.0 Å². The fraction of sp³-hybridized carbons (Fsp3) is 0.250. The second kappa shape index (κ2) is 8.08. The molecular formula is C16H15Cl2N3O3. The number of pyridine rings is 2. The number of rotatable bonds is 5. The van der Waals surface area contributed by atoms with Crippen molar-refractivity contribution in [3.63, 3.8) is 0 Å². The van der Waals surface area contributed by atoms with Crippen LogP contribution in [0, 0.1) is 0 Å². The lowest BCUT2D eigenvalue weighted by Gasteiger charge is -2.11. The number of ether oxygens (including phenoxy) is 1. The zero-order chi connectivity index (χ0) is 17.7. The van der Waals surface area contributed by atoms with E-state index in [4.69, 9.17) is 27.9 Å². The Bertz CT molecular complexity index is 730. The molecule has 2 rings (SSSR count). The molecule has 8 heteroatoms. The van der Waals surface area contributed by atoms with Gasteiger partial charge in [0.2, 0.25) is 0 Å². The second-order valence-corrected chi connectivity index (χ2v) is 5.69. The molecule has 0 aliphatic rings. The molecule has 0 aliphatic heterocycles. The molecule has 0 bridgehead atoms. The molecule has 2 heterocycles. The normalized spacial score (nSPS) is 11.7. The van der Waals surface area contributed by atoms with Crippen molar-refractivity contribution in [3.05, 3.63) is 52.0 Å². The first kappa shape index (κ1) is 18.2. The maximum Gasteiger partial charge on any atom is 0.314 e. The molecule has 126 valence electrons. The van der Waals surface area contributed by atoms with Gasteiger partial charge in [0.25, 0.3) is 5.91 Å². The molecular weight excluding hydrogens is 353 g/mol. The summed E-state index contributed by atoms with van der Waals surface area (Å²) < 4.78 is 4.95. The first-order valence-corrected chi connectivity index (χ1v) is 7.92. The van der Waals surface area contributed by atoms with Gasteiger partial charge in [-0.3, -0.25) is 19.6 Å². The summed E-state index contributed by atoms with van der Waals surface area (Å²) in [7, 11) is 0. The van der Waals surface area contributed by atoms with E-state index in [1.165, 1.54) is 18.6 Å². The molecule has 0 saturated carbocycles. The molecule has 24 heavy (non-hydrogen) atoms. The third-order valence-corrected chi connectivity index (χ3v) is 3.78. The van der Waals surface area contributed by atoms with Gasteiger partial charge in [0, 0.05) is 12.4 Å². The zero-order valence-electron chi connectivity index (χ0n) is 13.0. The van der Waals surface area contributed by atoms with Crippen LogP contribution in [0.15, 0.2) is 30.7 Å². The number of carbonyl (C=O) groups excluding carboxylic acids is 2. The Morgan fingerprint density at radius 1 is 1.21 bits per heavy atom. The van der Waals surface area contributed by atoms with Gasteiger partial charge in [0.15, 0.2) is 0 Å². The second-order valence-electron chi connectivity index (χ2n) is 4.88. The van der Waals surface area contributed by atoms with Crippen molar-refractivity contribution >= 4 is 40.8 Å². The lowest BCUT2D eigenvalue weighted by atomic mass is 10.1. The van der Waals surface area contributed by atoms with Crippen molar-refractivity contribution in [2.24, 2.45) is 0 Å². The first-order valence-electron chi connectivity index (χ1n) is 7.17. The average molecular weight is 368 g/mol. The van der Waals surface area contributed by atoms with Crippen molar-refractivity contribution in [1.29, 1.82) is 0 Å². The molecule has 0 radical (unpaired) electrons. The minimum Gasteiger partial charge on any atom is -0.465 e. The highest BCUT2D eigenvalue weighted by Crippen LogP contribution is 2.24. The number of esters is 1. The Labute approximate surface area is 149 Å². The van der Waals surface area contributed by atoms with Crippen molar-refractivity contribution < 1.29 is 14.3 Å². The summed E-state index contributed by atoms with van der Waals surface area (Å²) in [6.45, 7) is 3.76. The Hall–Kier alpha value is -2.18. The maximum atomic E-state index is 12.3. The average Bonchev–Trinajstić information content (AvgIpc) is 2.55. The van der Waals surface area contributed by atoms with Crippen LogP contribution in [0.2, 0.25) is 10.0 Å². The van der Waals surface area contributed by atoms with E-state index in [0.717, 1.165) is 0 Å². The standard InChI is InChI=1S/C16H15Cl2N3O3/c1-3-24-16(23)9(2)13-5-4-10(6-20-13)21-15(22)14-11(17)7-19-8-12(14)18/h4-9H,3H2,1-2H3,(H,21,22). The largest absolute Gasteiger partial charge is 0.465 e. The summed E-state index contributed by atoms with van der Waals surface area (Å²) in [5, 5.41) is 2.95. The van der Waals surface area contributed by atoms with Crippen LogP contribution in [-0.4, -0.2) is 28.5 Å². The van der Waals surface area contributed by atoms with E-state index in [1.54, 1.807) is 26.0 Å². The third kappa shape index (κ3) is 4.21. The fourth-order valence-corrected chi connectivity index (χ4v) is 2.48. The molecule has 0 spiro atoms. The maximum absolute atomic E-state index is 12.3. The van der Waals surface area contributed by atoms with Crippen LogP contribution < -0.4 is 5.32 Å². The minimum atomic E-state index is -0.487. The van der Waals surface area contributed by atoms with Gasteiger partial charge in [-0.15, -0.1) is 0 Å². The van der Waals surface area contributed by atoms with Gasteiger partial charge in [0.1, 0.15) is 0 Å². The lowest BCUT2D eigenvalue weighted by Crippen LogP contribution is -2.15. The van der Waals surface area contributed by atoms with Crippen LogP contribution in [0.4, 0.5) is 5.69 Å². The van der Waals surface area contributed by atoms with E-state index in [1.807, 2.05) is 0 Å². The van der Waals surface area contributed by atoms with Gasteiger partial charge in [0.05, 0.1) is 45.7 Å². The molecule has 6 nitrogen and oxygen atoms in total. The highest BCUT2D eigenvalue weighted by molar-refractivity contribution is 6.40. The van der Waals surface area contributed by atoms with E-state index >= 15 is 0 Å². The van der Waals surface area contributed by atoms with E-state index in [-0.39, 0.29) is 21.6 Å². The summed E-state index contributed by atoms with van der Waals surface area (Å²) in [5.41, 5.74) is 1.13. The Kier molecular flexibility index (Phi) is 6.11. The molecule has 1 unspecified atom stereocenters. The molecule has 2 aromatic rings. The molecule has 1 amide bonds. The molecule has 1 N–H and O–H groups in total. The topological polar surface area (TPSA) is 81.2 Å². The van der Waals surface area contributed by atoms with Crippen LogP contribution >= 0.6 is 23.2 Å². The summed E-state index contributed by atoms with van der Waals surface area (Å²) >= 11 is 11.9. The van der Waals surface area contributed by atoms with Crippen LogP contribution in [-0.2, 0) is 9.53 Å². The highest BCUT2D eigenvalue weighted by atomic mass is 35.5. The number of hydrogen-bond acceptors (Lipinski definition) is 5. The van der Waals surface area contributed by atoms with Crippen LogP contribution in [0.25, 0.3) is 0 Å². The SMILES string of the molecule is CCOC(=O)C(C)c1ccc(NC(=O)c2c(Cl)cncc2Cl)cn1. The quantitative estimate of drug-likeness (QED) is 0.814. The molecule has 0 saturated heterocycles. The predicted molar refractivity (Wildman–Crippen MR) is 91.5 cm³/mol. The number of aromatic nitrogens is 2. The monoisotopic (exact) mass is 367 g/mol. The number of nitrogens with zero attached hydrogens (tertiary/aromatic N) is 2. The van der Waals surface area contributed by atoms with Gasteiger partial charge < -0.3 is 10.1 Å². The molecule has 0 aliphatic carbocycles. The van der Waals surface area contributed by atoms with Gasteiger partial charge in [-0.05, 0) is 26.0 Å². The number of nitrogens with one attached hydrogen (secondary N) is 1. The number of amides is 1. The van der Waals surface area contributed by atoms with Crippen molar-refractivity contribution in [2.75, 3.05) is 11.9 Å². The van der Waals surface area contributed by atoms with Gasteiger partial charge in [-0.1, -0.05) is 23.2 Å². The number of carbonyl (C=O) groups is 2. The van der Waals surface area contributed by atoms with Crippen molar-refractivity contribution in [1.82, 2.24) is 9.97 Å². The van der Waals surface area contributed by atoms with Gasteiger partial charge in [-0.2, -0.15) is 0 Å². The molecule has 0 fully saturated rings. The van der Waals surface area contributed by atoms with Crippen LogP contribution in [0.3, 0.4) is 0 Å². The predicted octanol–water partition coefficient (Wildman–Crippen LogP) is 3.70. The minimum absolute atomic E-state index is 0.136. The lowest BCUT2D eigenvalue weighted by molar-refractivity contribution is -0.144. The number of hydrogen-bond donors (Lipinski definition) is 1. The fourth-order valence-electron chi connectivity index (χ4n) is 1.95. The van der Waals surface area contributed by atoms with E-state index in [2.05, 4.69) is 15.3 Å². The van der Waals surface area contributed by atoms with Gasteiger partial charge >= 0.3 is 5.97 Å². The number of halogens is 2. The molecule has 1 atom stereocenters. The smallest absolute Gasteiger partial charge is 0.314 e. The van der Waals surface area contributed by atoms with Crippen molar-refractivity contribution in [2.45, 2.75) is 19.8 Å². The first-order chi connectivity index (χ1) is 11.4. The Morgan fingerprint density at radius 2 is 1.88 bits per heavy atom. The van der Waals surface area contributed by atoms with Crippen molar-refractivity contribution in [3.8, 4) is 0 Å². The van der Waals surface area contributed by atoms with E-state index < -0.39 is 11.8 Å². The summed E-state index contributed by atoms with van der Waals surface area (Å²) in [5.74, 6) is -1.31. The van der Waals surface area contributed by atoms with E-state index in [9.17, 15) is 9.59 Å². The van der Waals surface area contributed by atoms with Crippen LogP contribution in [0.5, 0.6) is 0 Å². The summed E-state index contributed by atoms with van der Waals surface area (Å²) in [4.78, 5) is 31.9. The van der Waals surface area contributed by atoms with Gasteiger partial charge in [-0.25, -0.2) is 0 Å². The number of anilines is 1. The highest BCUT2D eigenvalue weighted by Gasteiger charge is 2.19. The van der Waals surface area contributed by atoms with Crippen LogP contribution in [0.1, 0.15) is 35.8 Å². The summed E-state index contributed by atoms with van der Waals surface area (Å²) in [6, 6.07) is 3.28. The Balaban J connectivity index is 2.12. The summed E-state index contributed by atoms with van der Waals surface area (Å²) in [6.07, 6.45) is 4.13. The third-order valence-electron chi connectivity index (χ3n) is 3.21. The zero-order valence-corrected chi connectivity index (χ0v) is 14.6. The molecule has 2 aromatic heterocycles.